The van der Waals surface area contributed by atoms with E-state index in [0.29, 0.717) is 11.1 Å². The van der Waals surface area contributed by atoms with Gasteiger partial charge < -0.3 is 10.1 Å². The van der Waals surface area contributed by atoms with Gasteiger partial charge in [-0.25, -0.2) is 13.6 Å². The maximum atomic E-state index is 13.1. The van der Waals surface area contributed by atoms with Crippen molar-refractivity contribution in [3.05, 3.63) is 64.7 Å². The van der Waals surface area contributed by atoms with Gasteiger partial charge in [-0.1, -0.05) is 0 Å². The van der Waals surface area contributed by atoms with E-state index in [-0.39, 0.29) is 6.54 Å². The van der Waals surface area contributed by atoms with Crippen molar-refractivity contribution >= 4 is 11.7 Å². The van der Waals surface area contributed by atoms with E-state index in [2.05, 4.69) is 10.1 Å². The van der Waals surface area contributed by atoms with Gasteiger partial charge in [-0.3, -0.25) is 0 Å². The molecule has 0 spiro atoms. The quantitative estimate of drug-likeness (QED) is 0.873. The van der Waals surface area contributed by atoms with Gasteiger partial charge in [-0.05, 0) is 48.4 Å². The van der Waals surface area contributed by atoms with Crippen molar-refractivity contribution in [1.29, 1.82) is 0 Å². The zero-order valence-electron chi connectivity index (χ0n) is 11.7. The summed E-state index contributed by atoms with van der Waals surface area (Å²) in [4.78, 5) is 11.4. The molecule has 0 atom stereocenters. The Hall–Kier alpha value is -2.43. The second-order valence-corrected chi connectivity index (χ2v) is 4.65. The van der Waals surface area contributed by atoms with Crippen LogP contribution in [0.3, 0.4) is 0 Å². The first kappa shape index (κ1) is 15.0. The Labute approximate surface area is 121 Å². The van der Waals surface area contributed by atoms with Crippen LogP contribution in [0.15, 0.2) is 36.4 Å². The van der Waals surface area contributed by atoms with Crippen LogP contribution in [0.4, 0.5) is 14.5 Å². The third kappa shape index (κ3) is 3.78. The summed E-state index contributed by atoms with van der Waals surface area (Å²) in [5.41, 5.74) is 2.59. The Morgan fingerprint density at radius 3 is 2.38 bits per heavy atom. The topological polar surface area (TPSA) is 38.3 Å². The second kappa shape index (κ2) is 6.35. The van der Waals surface area contributed by atoms with E-state index in [4.69, 9.17) is 0 Å². The number of nitrogens with one attached hydrogen (secondary N) is 1. The molecule has 21 heavy (non-hydrogen) atoms. The Morgan fingerprint density at radius 1 is 1.14 bits per heavy atom. The van der Waals surface area contributed by atoms with Gasteiger partial charge in [-0.15, -0.1) is 0 Å². The summed E-state index contributed by atoms with van der Waals surface area (Å²) >= 11 is 0. The number of hydrogen-bond acceptors (Lipinski definition) is 3. The van der Waals surface area contributed by atoms with Crippen LogP contribution in [0.5, 0.6) is 0 Å². The standard InChI is InChI=1S/C16H15F2NO2/c1-10-5-12(16(20)21-2)3-4-15(10)19-9-11-6-13(17)8-14(18)7-11/h3-8,19H,9H2,1-2H3. The Balaban J connectivity index is 2.11. The number of halogens is 2. The molecule has 0 saturated heterocycles. The molecule has 0 bridgehead atoms. The lowest BCUT2D eigenvalue weighted by molar-refractivity contribution is 0.0600. The Kier molecular flexibility index (Phi) is 4.52. The van der Waals surface area contributed by atoms with Crippen LogP contribution in [-0.4, -0.2) is 13.1 Å². The zero-order chi connectivity index (χ0) is 15.4. The minimum Gasteiger partial charge on any atom is -0.465 e. The molecule has 0 aromatic heterocycles. The van der Waals surface area contributed by atoms with E-state index in [1.165, 1.54) is 19.2 Å². The summed E-state index contributed by atoms with van der Waals surface area (Å²) in [6.45, 7) is 2.12. The molecular formula is C16H15F2NO2. The fourth-order valence-corrected chi connectivity index (χ4v) is 2.02. The number of rotatable bonds is 4. The second-order valence-electron chi connectivity index (χ2n) is 4.65. The monoisotopic (exact) mass is 291 g/mol. The first-order valence-corrected chi connectivity index (χ1v) is 6.37. The van der Waals surface area contributed by atoms with Gasteiger partial charge in [0.1, 0.15) is 11.6 Å². The van der Waals surface area contributed by atoms with Gasteiger partial charge in [0.25, 0.3) is 0 Å². The third-order valence-electron chi connectivity index (χ3n) is 3.05. The van der Waals surface area contributed by atoms with Crippen molar-refractivity contribution in [2.24, 2.45) is 0 Å². The number of carbonyl (C=O) groups is 1. The molecule has 0 saturated carbocycles. The van der Waals surface area contributed by atoms with Crippen LogP contribution in [0, 0.1) is 18.6 Å². The number of hydrogen-bond donors (Lipinski definition) is 1. The molecule has 2 aromatic rings. The van der Waals surface area contributed by atoms with Crippen molar-refractivity contribution in [1.82, 2.24) is 0 Å². The lowest BCUT2D eigenvalue weighted by atomic mass is 10.1. The maximum Gasteiger partial charge on any atom is 0.337 e. The van der Waals surface area contributed by atoms with Crippen LogP contribution in [0.25, 0.3) is 0 Å². The largest absolute Gasteiger partial charge is 0.465 e. The average molecular weight is 291 g/mol. The van der Waals surface area contributed by atoms with Gasteiger partial charge in [0, 0.05) is 18.3 Å². The highest BCUT2D eigenvalue weighted by atomic mass is 19.1. The summed E-state index contributed by atoms with van der Waals surface area (Å²) in [7, 11) is 1.32. The summed E-state index contributed by atoms with van der Waals surface area (Å²) in [6, 6.07) is 8.44. The number of aryl methyl sites for hydroxylation is 1. The molecule has 2 aromatic carbocycles. The highest BCUT2D eigenvalue weighted by Crippen LogP contribution is 2.18. The van der Waals surface area contributed by atoms with E-state index >= 15 is 0 Å². The minimum absolute atomic E-state index is 0.285. The van der Waals surface area contributed by atoms with Crippen molar-refractivity contribution in [3.8, 4) is 0 Å². The molecule has 0 aliphatic carbocycles. The van der Waals surface area contributed by atoms with Crippen LogP contribution in [0.1, 0.15) is 21.5 Å². The lowest BCUT2D eigenvalue weighted by Gasteiger charge is -2.11. The first-order chi connectivity index (χ1) is 9.99. The van der Waals surface area contributed by atoms with Crippen LogP contribution >= 0.6 is 0 Å². The summed E-state index contributed by atoms with van der Waals surface area (Å²) in [5, 5.41) is 3.08. The molecule has 0 fully saturated rings. The average Bonchev–Trinajstić information content (AvgIpc) is 2.44. The summed E-state index contributed by atoms with van der Waals surface area (Å²) < 4.78 is 30.8. The van der Waals surface area contributed by atoms with Gasteiger partial charge in [0.15, 0.2) is 0 Å². The summed E-state index contributed by atoms with van der Waals surface area (Å²) in [6.07, 6.45) is 0. The molecule has 110 valence electrons. The number of benzene rings is 2. The van der Waals surface area contributed by atoms with E-state index in [9.17, 15) is 13.6 Å². The Bertz CT molecular complexity index is 651. The maximum absolute atomic E-state index is 13.1. The van der Waals surface area contributed by atoms with E-state index in [1.807, 2.05) is 6.92 Å². The molecule has 5 heteroatoms. The predicted octanol–water partition coefficient (Wildman–Crippen LogP) is 3.67. The van der Waals surface area contributed by atoms with Crippen molar-refractivity contribution in [3.63, 3.8) is 0 Å². The first-order valence-electron chi connectivity index (χ1n) is 6.37. The van der Waals surface area contributed by atoms with Gasteiger partial charge in [0.05, 0.1) is 12.7 Å². The normalized spacial score (nSPS) is 10.3. The molecule has 1 N–H and O–H groups in total. The number of esters is 1. The molecule has 0 radical (unpaired) electrons. The molecule has 0 aliphatic rings. The number of methoxy groups -OCH3 is 1. The number of ether oxygens (including phenoxy) is 1. The van der Waals surface area contributed by atoms with E-state index in [1.54, 1.807) is 18.2 Å². The van der Waals surface area contributed by atoms with Gasteiger partial charge >= 0.3 is 5.97 Å². The SMILES string of the molecule is COC(=O)c1ccc(NCc2cc(F)cc(F)c2)c(C)c1. The fourth-order valence-electron chi connectivity index (χ4n) is 2.02. The minimum atomic E-state index is -0.607. The van der Waals surface area contributed by atoms with Crippen LogP contribution < -0.4 is 5.32 Å². The third-order valence-corrected chi connectivity index (χ3v) is 3.05. The highest BCUT2D eigenvalue weighted by molar-refractivity contribution is 5.90. The van der Waals surface area contributed by atoms with Gasteiger partial charge in [-0.2, -0.15) is 0 Å². The molecule has 0 aliphatic heterocycles. The van der Waals surface area contributed by atoms with E-state index in [0.717, 1.165) is 17.3 Å². The van der Waals surface area contributed by atoms with Gasteiger partial charge in [0.2, 0.25) is 0 Å². The van der Waals surface area contributed by atoms with Crippen molar-refractivity contribution in [2.75, 3.05) is 12.4 Å². The molecule has 0 heterocycles. The number of carbonyl (C=O) groups excluding carboxylic acids is 1. The predicted molar refractivity (Wildman–Crippen MR) is 76.2 cm³/mol. The smallest absolute Gasteiger partial charge is 0.337 e. The summed E-state index contributed by atoms with van der Waals surface area (Å²) in [5.74, 6) is -1.62. The van der Waals surface area contributed by atoms with Crippen LogP contribution in [-0.2, 0) is 11.3 Å². The highest BCUT2D eigenvalue weighted by Gasteiger charge is 2.08. The van der Waals surface area contributed by atoms with Crippen molar-refractivity contribution < 1.29 is 18.3 Å². The molecule has 2 rings (SSSR count). The zero-order valence-corrected chi connectivity index (χ0v) is 11.7. The molecule has 0 unspecified atom stereocenters. The van der Waals surface area contributed by atoms with E-state index < -0.39 is 17.6 Å². The number of anilines is 1. The van der Waals surface area contributed by atoms with Crippen LogP contribution in [0.2, 0.25) is 0 Å². The molecular weight excluding hydrogens is 276 g/mol. The lowest BCUT2D eigenvalue weighted by Crippen LogP contribution is -2.05. The molecule has 0 amide bonds. The molecule has 3 nitrogen and oxygen atoms in total. The fraction of sp³-hybridized carbons (Fsp3) is 0.188. The van der Waals surface area contributed by atoms with Crippen molar-refractivity contribution in [2.45, 2.75) is 13.5 Å². The Morgan fingerprint density at radius 2 is 1.81 bits per heavy atom.